The SMILES string of the molecule is Fc1ccc(/C(=C/Sc2ccccc2)C2CC2)cc1. The molecule has 2 heteroatoms. The molecule has 1 saturated carbocycles. The Balaban J connectivity index is 1.83. The van der Waals surface area contributed by atoms with E-state index in [1.165, 1.54) is 23.3 Å². The van der Waals surface area contributed by atoms with Crippen molar-refractivity contribution in [3.63, 3.8) is 0 Å². The second-order valence-corrected chi connectivity index (χ2v) is 5.73. The van der Waals surface area contributed by atoms with Crippen LogP contribution in [0, 0.1) is 11.7 Å². The summed E-state index contributed by atoms with van der Waals surface area (Å²) in [4.78, 5) is 1.24. The molecule has 19 heavy (non-hydrogen) atoms. The smallest absolute Gasteiger partial charge is 0.123 e. The molecule has 0 N–H and O–H groups in total. The van der Waals surface area contributed by atoms with Gasteiger partial charge in [-0.3, -0.25) is 0 Å². The molecule has 0 saturated heterocycles. The highest BCUT2D eigenvalue weighted by Crippen LogP contribution is 2.43. The normalized spacial score (nSPS) is 15.5. The third kappa shape index (κ3) is 3.27. The Labute approximate surface area is 117 Å². The molecule has 1 aliphatic carbocycles. The summed E-state index contributed by atoms with van der Waals surface area (Å²) < 4.78 is 13.0. The maximum Gasteiger partial charge on any atom is 0.123 e. The summed E-state index contributed by atoms with van der Waals surface area (Å²) in [6, 6.07) is 17.2. The van der Waals surface area contributed by atoms with Gasteiger partial charge in [0.1, 0.15) is 5.82 Å². The lowest BCUT2D eigenvalue weighted by Crippen LogP contribution is -1.86. The largest absolute Gasteiger partial charge is 0.207 e. The van der Waals surface area contributed by atoms with E-state index >= 15 is 0 Å². The van der Waals surface area contributed by atoms with Gasteiger partial charge in [0.15, 0.2) is 0 Å². The van der Waals surface area contributed by atoms with Crippen molar-refractivity contribution in [3.8, 4) is 0 Å². The van der Waals surface area contributed by atoms with Crippen LogP contribution < -0.4 is 0 Å². The van der Waals surface area contributed by atoms with Gasteiger partial charge in [0.2, 0.25) is 0 Å². The predicted molar refractivity (Wildman–Crippen MR) is 79.4 cm³/mol. The monoisotopic (exact) mass is 270 g/mol. The molecule has 0 aliphatic heterocycles. The predicted octanol–water partition coefficient (Wildman–Crippen LogP) is 5.37. The average molecular weight is 270 g/mol. The summed E-state index contributed by atoms with van der Waals surface area (Å²) in [5.74, 6) is 0.483. The zero-order valence-corrected chi connectivity index (χ0v) is 11.4. The van der Waals surface area contributed by atoms with Gasteiger partial charge in [-0.05, 0) is 59.6 Å². The van der Waals surface area contributed by atoms with E-state index in [1.807, 2.05) is 30.3 Å². The van der Waals surface area contributed by atoms with E-state index in [2.05, 4.69) is 17.5 Å². The number of allylic oxidation sites excluding steroid dienone is 1. The first-order valence-corrected chi connectivity index (χ1v) is 7.38. The van der Waals surface area contributed by atoms with Crippen molar-refractivity contribution in [2.75, 3.05) is 0 Å². The molecule has 0 atom stereocenters. The lowest BCUT2D eigenvalue weighted by atomic mass is 10.0. The van der Waals surface area contributed by atoms with Gasteiger partial charge >= 0.3 is 0 Å². The van der Waals surface area contributed by atoms with Crippen LogP contribution in [0.2, 0.25) is 0 Å². The van der Waals surface area contributed by atoms with Crippen LogP contribution in [0.15, 0.2) is 64.9 Å². The van der Waals surface area contributed by atoms with Crippen LogP contribution in [-0.4, -0.2) is 0 Å². The van der Waals surface area contributed by atoms with Gasteiger partial charge in [-0.2, -0.15) is 0 Å². The maximum atomic E-state index is 13.0. The van der Waals surface area contributed by atoms with Gasteiger partial charge < -0.3 is 0 Å². The molecule has 2 aromatic carbocycles. The van der Waals surface area contributed by atoms with Gasteiger partial charge in [0.25, 0.3) is 0 Å². The fourth-order valence-electron chi connectivity index (χ4n) is 2.07. The summed E-state index contributed by atoms with van der Waals surface area (Å²) in [6.45, 7) is 0. The maximum absolute atomic E-state index is 13.0. The Hall–Kier alpha value is -1.54. The lowest BCUT2D eigenvalue weighted by molar-refractivity contribution is 0.627. The Bertz CT molecular complexity index is 568. The second kappa shape index (κ2) is 5.62. The van der Waals surface area contributed by atoms with Crippen molar-refractivity contribution in [3.05, 3.63) is 71.4 Å². The van der Waals surface area contributed by atoms with E-state index in [0.717, 1.165) is 5.56 Å². The molecule has 0 amide bonds. The number of hydrogen-bond acceptors (Lipinski definition) is 1. The summed E-state index contributed by atoms with van der Waals surface area (Å²) >= 11 is 1.74. The first-order valence-electron chi connectivity index (χ1n) is 6.50. The molecule has 96 valence electrons. The third-order valence-electron chi connectivity index (χ3n) is 3.26. The lowest BCUT2D eigenvalue weighted by Gasteiger charge is -2.06. The number of halogens is 1. The first-order chi connectivity index (χ1) is 9.33. The summed E-state index contributed by atoms with van der Waals surface area (Å²) in [6.07, 6.45) is 2.50. The summed E-state index contributed by atoms with van der Waals surface area (Å²) in [5.41, 5.74) is 2.49. The van der Waals surface area contributed by atoms with Crippen LogP contribution in [0.25, 0.3) is 5.57 Å². The molecule has 0 bridgehead atoms. The fraction of sp³-hybridized carbons (Fsp3) is 0.176. The topological polar surface area (TPSA) is 0 Å². The van der Waals surface area contributed by atoms with Crippen molar-refractivity contribution < 1.29 is 4.39 Å². The summed E-state index contributed by atoms with van der Waals surface area (Å²) in [7, 11) is 0. The zero-order valence-electron chi connectivity index (χ0n) is 10.6. The molecule has 1 fully saturated rings. The van der Waals surface area contributed by atoms with Crippen LogP contribution >= 0.6 is 11.8 Å². The molecular formula is C17H15FS. The zero-order chi connectivity index (χ0) is 13.1. The third-order valence-corrected chi connectivity index (χ3v) is 4.18. The van der Waals surface area contributed by atoms with Crippen molar-refractivity contribution in [1.82, 2.24) is 0 Å². The molecule has 0 radical (unpaired) electrons. The molecule has 2 aromatic rings. The van der Waals surface area contributed by atoms with Crippen LogP contribution in [0.1, 0.15) is 18.4 Å². The number of thioether (sulfide) groups is 1. The van der Waals surface area contributed by atoms with E-state index in [-0.39, 0.29) is 5.82 Å². The average Bonchev–Trinajstić information content (AvgIpc) is 3.27. The van der Waals surface area contributed by atoms with E-state index in [9.17, 15) is 4.39 Å². The van der Waals surface area contributed by atoms with Gasteiger partial charge in [-0.1, -0.05) is 42.1 Å². The Morgan fingerprint density at radius 3 is 2.32 bits per heavy atom. The molecule has 0 spiro atoms. The Morgan fingerprint density at radius 1 is 1.00 bits per heavy atom. The van der Waals surface area contributed by atoms with Gasteiger partial charge in [0.05, 0.1) is 0 Å². The summed E-state index contributed by atoms with van der Waals surface area (Å²) in [5, 5.41) is 2.22. The second-order valence-electron chi connectivity index (χ2n) is 4.79. The van der Waals surface area contributed by atoms with Gasteiger partial charge in [-0.25, -0.2) is 4.39 Å². The van der Waals surface area contributed by atoms with Gasteiger partial charge in [0, 0.05) is 4.90 Å². The molecule has 0 aromatic heterocycles. The fourth-order valence-corrected chi connectivity index (χ4v) is 2.97. The van der Waals surface area contributed by atoms with Crippen molar-refractivity contribution in [1.29, 1.82) is 0 Å². The minimum absolute atomic E-state index is 0.172. The van der Waals surface area contributed by atoms with Crippen molar-refractivity contribution in [2.24, 2.45) is 5.92 Å². The number of hydrogen-bond donors (Lipinski definition) is 0. The molecule has 3 rings (SSSR count). The number of benzene rings is 2. The highest BCUT2D eigenvalue weighted by molar-refractivity contribution is 8.02. The van der Waals surface area contributed by atoms with Crippen LogP contribution in [0.4, 0.5) is 4.39 Å². The molecular weight excluding hydrogens is 255 g/mol. The van der Waals surface area contributed by atoms with E-state index < -0.39 is 0 Å². The van der Waals surface area contributed by atoms with Crippen LogP contribution in [0.5, 0.6) is 0 Å². The molecule has 0 nitrogen and oxygen atoms in total. The molecule has 0 unspecified atom stereocenters. The highest BCUT2D eigenvalue weighted by Gasteiger charge is 2.26. The van der Waals surface area contributed by atoms with Crippen molar-refractivity contribution >= 4 is 17.3 Å². The van der Waals surface area contributed by atoms with E-state index in [4.69, 9.17) is 0 Å². The molecule has 0 heterocycles. The van der Waals surface area contributed by atoms with E-state index in [0.29, 0.717) is 5.92 Å². The van der Waals surface area contributed by atoms with Crippen LogP contribution in [0.3, 0.4) is 0 Å². The minimum atomic E-state index is -0.172. The molecule has 1 aliphatic rings. The van der Waals surface area contributed by atoms with Crippen molar-refractivity contribution in [2.45, 2.75) is 17.7 Å². The van der Waals surface area contributed by atoms with Crippen LogP contribution in [-0.2, 0) is 0 Å². The Kier molecular flexibility index (Phi) is 3.69. The van der Waals surface area contributed by atoms with Gasteiger partial charge in [-0.15, -0.1) is 0 Å². The standard InChI is InChI=1S/C17H15FS/c18-15-10-8-14(9-11-15)17(13-6-7-13)12-19-16-4-2-1-3-5-16/h1-5,8-13H,6-7H2/b17-12+. The number of rotatable bonds is 4. The van der Waals surface area contributed by atoms with E-state index in [1.54, 1.807) is 23.9 Å². The minimum Gasteiger partial charge on any atom is -0.207 e. The highest BCUT2D eigenvalue weighted by atomic mass is 32.2. The Morgan fingerprint density at radius 2 is 1.68 bits per heavy atom. The quantitative estimate of drug-likeness (QED) is 0.673. The first kappa shape index (κ1) is 12.5.